The second-order valence-electron chi connectivity index (χ2n) is 4.80. The number of hydrogen-bond acceptors (Lipinski definition) is 7. The van der Waals surface area contributed by atoms with E-state index >= 15 is 0 Å². The van der Waals surface area contributed by atoms with E-state index in [9.17, 15) is 0 Å². The summed E-state index contributed by atoms with van der Waals surface area (Å²) in [6.45, 7) is 17.3. The Morgan fingerprint density at radius 2 is 0.750 bits per heavy atom. The number of rotatable bonds is 16. The van der Waals surface area contributed by atoms with E-state index in [4.69, 9.17) is 26.6 Å². The van der Waals surface area contributed by atoms with Crippen molar-refractivity contribution in [3.8, 4) is 0 Å². The zero-order chi connectivity index (χ0) is 18.5. The molecule has 0 aliphatic rings. The van der Waals surface area contributed by atoms with E-state index in [1.54, 1.807) is 0 Å². The molecule has 0 aliphatic carbocycles. The van der Waals surface area contributed by atoms with Crippen molar-refractivity contribution in [2.75, 3.05) is 46.2 Å². The van der Waals surface area contributed by atoms with Crippen molar-refractivity contribution in [3.63, 3.8) is 0 Å². The smallest absolute Gasteiger partial charge is 0.362 e. The summed E-state index contributed by atoms with van der Waals surface area (Å²) in [6.07, 6.45) is 0.879. The van der Waals surface area contributed by atoms with Crippen LogP contribution in [0.15, 0.2) is 0 Å². The fourth-order valence-corrected chi connectivity index (χ4v) is 9.60. The van der Waals surface area contributed by atoms with Crippen LogP contribution in [0, 0.1) is 0 Å². The maximum absolute atomic E-state index is 6.09. The molecule has 0 unspecified atom stereocenters. The Bertz CT molecular complexity index is 252. The monoisotopic (exact) mass is 383 g/mol. The molecular weight excluding hydrogens is 346 g/mol. The van der Waals surface area contributed by atoms with Crippen LogP contribution >= 0.6 is 0 Å². The molecule has 9 heteroatoms. The first-order chi connectivity index (χ1) is 11.6. The number of nitrogens with zero attached hydrogens (tertiary/aromatic N) is 1. The van der Waals surface area contributed by atoms with Crippen LogP contribution < -0.4 is 0 Å². The Morgan fingerprint density at radius 3 is 0.917 bits per heavy atom. The van der Waals surface area contributed by atoms with Gasteiger partial charge in [-0.05, 0) is 54.5 Å². The highest BCUT2D eigenvalue weighted by Gasteiger charge is 2.63. The number of hydrogen-bond donors (Lipinski definition) is 0. The fourth-order valence-electron chi connectivity index (χ4n) is 2.48. The molecule has 0 atom stereocenters. The highest BCUT2D eigenvalue weighted by molar-refractivity contribution is 6.75. The van der Waals surface area contributed by atoms with Gasteiger partial charge in [-0.1, -0.05) is 6.92 Å². The standard InChI is InChI=1S/C15H37NO6Si2/c1-8-15-16(23(17-9-2,18-10-3)19-11-4)24(20-12-5,21-13-6)22-14-7/h8-15H2,1-7H3. The van der Waals surface area contributed by atoms with Gasteiger partial charge in [0, 0.05) is 39.6 Å². The minimum Gasteiger partial charge on any atom is -0.362 e. The first-order valence-electron chi connectivity index (χ1n) is 9.17. The van der Waals surface area contributed by atoms with Crippen LogP contribution in [0.1, 0.15) is 54.9 Å². The van der Waals surface area contributed by atoms with Gasteiger partial charge in [-0.3, -0.25) is 0 Å². The predicted octanol–water partition coefficient (Wildman–Crippen LogP) is 2.79. The summed E-state index contributed by atoms with van der Waals surface area (Å²) in [4.78, 5) is 0. The SMILES string of the molecule is CCCN([Si](OCC)(OCC)OCC)[Si](OCC)(OCC)OCC. The summed E-state index contributed by atoms with van der Waals surface area (Å²) >= 11 is 0. The van der Waals surface area contributed by atoms with Gasteiger partial charge in [-0.2, -0.15) is 0 Å². The minimum atomic E-state index is -3.17. The van der Waals surface area contributed by atoms with Crippen LogP contribution in [0.3, 0.4) is 0 Å². The molecule has 0 fully saturated rings. The lowest BCUT2D eigenvalue weighted by molar-refractivity contribution is -0.0190. The molecule has 0 radical (unpaired) electrons. The third kappa shape index (κ3) is 6.47. The van der Waals surface area contributed by atoms with Gasteiger partial charge in [0.15, 0.2) is 0 Å². The zero-order valence-corrected chi connectivity index (χ0v) is 18.6. The van der Waals surface area contributed by atoms with Gasteiger partial charge in [-0.25, -0.2) is 4.23 Å². The molecule has 0 amide bonds. The lowest BCUT2D eigenvalue weighted by Crippen LogP contribution is -2.75. The van der Waals surface area contributed by atoms with Crippen LogP contribution in [-0.4, -0.2) is 68.3 Å². The van der Waals surface area contributed by atoms with Crippen molar-refractivity contribution in [1.29, 1.82) is 0 Å². The molecule has 0 aromatic rings. The summed E-state index contributed by atoms with van der Waals surface area (Å²) in [6, 6.07) is 0. The van der Waals surface area contributed by atoms with Gasteiger partial charge in [0.1, 0.15) is 0 Å². The van der Waals surface area contributed by atoms with Crippen molar-refractivity contribution < 1.29 is 26.6 Å². The van der Waals surface area contributed by atoms with Gasteiger partial charge in [0.25, 0.3) is 0 Å². The predicted molar refractivity (Wildman–Crippen MR) is 98.3 cm³/mol. The van der Waals surface area contributed by atoms with Gasteiger partial charge < -0.3 is 26.6 Å². The Hall–Kier alpha value is 0.154. The van der Waals surface area contributed by atoms with Gasteiger partial charge in [0.2, 0.25) is 0 Å². The van der Waals surface area contributed by atoms with Crippen LogP contribution in [-0.2, 0) is 26.6 Å². The first kappa shape index (κ1) is 24.2. The molecule has 0 bridgehead atoms. The topological polar surface area (TPSA) is 58.6 Å². The largest absolute Gasteiger partial charge is 0.598 e. The second kappa shape index (κ2) is 13.4. The van der Waals surface area contributed by atoms with E-state index < -0.39 is 17.9 Å². The first-order valence-corrected chi connectivity index (χ1v) is 12.5. The average Bonchev–Trinajstić information content (AvgIpc) is 2.54. The Kier molecular flexibility index (Phi) is 13.5. The van der Waals surface area contributed by atoms with Gasteiger partial charge >= 0.3 is 17.9 Å². The van der Waals surface area contributed by atoms with Crippen molar-refractivity contribution in [2.45, 2.75) is 54.9 Å². The van der Waals surface area contributed by atoms with E-state index in [1.807, 2.05) is 45.8 Å². The second-order valence-corrected chi connectivity index (χ2v) is 10.2. The fraction of sp³-hybridized carbons (Fsp3) is 1.00. The minimum absolute atomic E-state index is 0.487. The lowest BCUT2D eigenvalue weighted by Gasteiger charge is -2.44. The van der Waals surface area contributed by atoms with Crippen LogP contribution in [0.4, 0.5) is 0 Å². The molecule has 0 N–H and O–H groups in total. The molecule has 0 spiro atoms. The molecule has 0 heterocycles. The van der Waals surface area contributed by atoms with Crippen molar-refractivity contribution in [2.24, 2.45) is 0 Å². The lowest BCUT2D eigenvalue weighted by atomic mass is 10.5. The Labute approximate surface area is 150 Å². The van der Waals surface area contributed by atoms with Crippen molar-refractivity contribution >= 4 is 17.9 Å². The molecule has 0 aliphatic heterocycles. The molecule has 0 aromatic heterocycles. The summed E-state index contributed by atoms with van der Waals surface area (Å²) in [5.41, 5.74) is 0. The summed E-state index contributed by atoms with van der Waals surface area (Å²) in [5.74, 6) is 0. The van der Waals surface area contributed by atoms with E-state index in [-0.39, 0.29) is 0 Å². The van der Waals surface area contributed by atoms with Crippen LogP contribution in [0.5, 0.6) is 0 Å². The van der Waals surface area contributed by atoms with Gasteiger partial charge in [0.05, 0.1) is 0 Å². The Morgan fingerprint density at radius 1 is 0.500 bits per heavy atom. The molecule has 7 nitrogen and oxygen atoms in total. The molecule has 0 saturated carbocycles. The van der Waals surface area contributed by atoms with Crippen molar-refractivity contribution in [1.82, 2.24) is 4.23 Å². The zero-order valence-electron chi connectivity index (χ0n) is 16.6. The normalized spacial score (nSPS) is 13.0. The van der Waals surface area contributed by atoms with E-state index in [1.165, 1.54) is 0 Å². The maximum atomic E-state index is 6.09. The van der Waals surface area contributed by atoms with E-state index in [2.05, 4.69) is 6.92 Å². The van der Waals surface area contributed by atoms with E-state index in [0.717, 1.165) is 6.42 Å². The molecular formula is C15H37NO6Si2. The van der Waals surface area contributed by atoms with Gasteiger partial charge in [-0.15, -0.1) is 0 Å². The average molecular weight is 384 g/mol. The molecule has 0 saturated heterocycles. The van der Waals surface area contributed by atoms with Crippen LogP contribution in [0.2, 0.25) is 0 Å². The molecule has 0 aromatic carbocycles. The highest BCUT2D eigenvalue weighted by atomic mass is 28.5. The third-order valence-electron chi connectivity index (χ3n) is 3.07. The highest BCUT2D eigenvalue weighted by Crippen LogP contribution is 2.27. The van der Waals surface area contributed by atoms with Crippen LogP contribution in [0.25, 0.3) is 0 Å². The molecule has 24 heavy (non-hydrogen) atoms. The van der Waals surface area contributed by atoms with Crippen molar-refractivity contribution in [3.05, 3.63) is 0 Å². The third-order valence-corrected chi connectivity index (χ3v) is 10.4. The summed E-state index contributed by atoms with van der Waals surface area (Å²) in [7, 11) is -6.35. The quantitative estimate of drug-likeness (QED) is 0.380. The van der Waals surface area contributed by atoms with E-state index in [0.29, 0.717) is 46.2 Å². The molecule has 0 rings (SSSR count). The Balaban J connectivity index is 6.05. The summed E-state index contributed by atoms with van der Waals surface area (Å²) in [5, 5.41) is 0. The summed E-state index contributed by atoms with van der Waals surface area (Å²) < 4.78 is 38.5. The molecule has 146 valence electrons. The maximum Gasteiger partial charge on any atom is 0.598 e.